The largest absolute Gasteiger partial charge is 0.319 e. The molecule has 3 aromatic rings. The van der Waals surface area contributed by atoms with Crippen LogP contribution in [0.25, 0.3) is 10.9 Å². The van der Waals surface area contributed by atoms with Crippen molar-refractivity contribution in [3.05, 3.63) is 51.9 Å². The van der Waals surface area contributed by atoms with Crippen molar-refractivity contribution in [2.75, 3.05) is 5.32 Å². The van der Waals surface area contributed by atoms with Gasteiger partial charge < -0.3 is 5.32 Å². The predicted octanol–water partition coefficient (Wildman–Crippen LogP) is 5.28. The van der Waals surface area contributed by atoms with Gasteiger partial charge in [0.1, 0.15) is 0 Å². The number of benzene rings is 1. The Morgan fingerprint density at radius 3 is 2.62 bits per heavy atom. The second kappa shape index (κ2) is 6.89. The highest BCUT2D eigenvalue weighted by Crippen LogP contribution is 2.35. The highest BCUT2D eigenvalue weighted by atomic mass is 35.5. The van der Waals surface area contributed by atoms with Gasteiger partial charge in [-0.15, -0.1) is 0 Å². The molecule has 1 aromatic carbocycles. The number of carbonyl (C=O) groups excluding carboxylic acids is 1. The zero-order valence-electron chi connectivity index (χ0n) is 14.3. The van der Waals surface area contributed by atoms with Crippen LogP contribution in [0.5, 0.6) is 0 Å². The Balaban J connectivity index is 1.71. The third kappa shape index (κ3) is 2.95. The van der Waals surface area contributed by atoms with Crippen LogP contribution in [0.3, 0.4) is 0 Å². The summed E-state index contributed by atoms with van der Waals surface area (Å²) in [5.74, 6) is -0.263. The summed E-state index contributed by atoms with van der Waals surface area (Å²) >= 11 is 12.2. The van der Waals surface area contributed by atoms with E-state index in [1.54, 1.807) is 0 Å². The highest BCUT2D eigenvalue weighted by Gasteiger charge is 2.24. The van der Waals surface area contributed by atoms with E-state index < -0.39 is 0 Å². The number of nitrogens with one attached hydrogen (secondary N) is 1. The smallest absolute Gasteiger partial charge is 0.255 e. The van der Waals surface area contributed by atoms with Crippen molar-refractivity contribution >= 4 is 45.7 Å². The van der Waals surface area contributed by atoms with Gasteiger partial charge in [-0.05, 0) is 37.8 Å². The molecule has 26 heavy (non-hydrogen) atoms. The summed E-state index contributed by atoms with van der Waals surface area (Å²) in [7, 11) is 0. The molecule has 2 heterocycles. The van der Waals surface area contributed by atoms with Crippen LogP contribution in [-0.4, -0.2) is 20.7 Å². The van der Waals surface area contributed by atoms with Gasteiger partial charge in [-0.1, -0.05) is 36.2 Å². The van der Waals surface area contributed by atoms with Crippen LogP contribution in [0.2, 0.25) is 10.0 Å². The molecule has 0 spiro atoms. The molecule has 0 bridgehead atoms. The lowest BCUT2D eigenvalue weighted by Gasteiger charge is -2.26. The van der Waals surface area contributed by atoms with E-state index in [0.29, 0.717) is 27.3 Å². The molecule has 0 radical (unpaired) electrons. The summed E-state index contributed by atoms with van der Waals surface area (Å²) in [5, 5.41) is 9.28. The van der Waals surface area contributed by atoms with Crippen LogP contribution in [0.4, 0.5) is 5.69 Å². The summed E-state index contributed by atoms with van der Waals surface area (Å²) in [5.41, 5.74) is 2.99. The van der Waals surface area contributed by atoms with E-state index >= 15 is 0 Å². The standard InChI is InChI=1S/C19H18Cl2N4O/c1-2-16-13-7-6-11(8-17(13)25(24-16)12-4-3-5-12)19(26)23-18-14(20)9-22-10-15(18)21/h6-10,12H,2-5H2,1H3,(H,22,23,26). The Labute approximate surface area is 161 Å². The van der Waals surface area contributed by atoms with E-state index in [4.69, 9.17) is 28.3 Å². The molecule has 0 saturated heterocycles. The molecule has 5 nitrogen and oxygen atoms in total. The third-order valence-corrected chi connectivity index (χ3v) is 5.47. The maximum atomic E-state index is 12.7. The lowest BCUT2D eigenvalue weighted by molar-refractivity contribution is 0.102. The second-order valence-electron chi connectivity index (χ2n) is 6.49. The molecule has 2 aromatic heterocycles. The van der Waals surface area contributed by atoms with Crippen LogP contribution >= 0.6 is 23.2 Å². The molecular weight excluding hydrogens is 371 g/mol. The summed E-state index contributed by atoms with van der Waals surface area (Å²) < 4.78 is 2.08. The predicted molar refractivity (Wildman–Crippen MR) is 104 cm³/mol. The molecule has 1 amide bonds. The van der Waals surface area contributed by atoms with Crippen LogP contribution in [0.1, 0.15) is 48.3 Å². The van der Waals surface area contributed by atoms with Gasteiger partial charge in [0.25, 0.3) is 5.91 Å². The quantitative estimate of drug-likeness (QED) is 0.661. The summed E-state index contributed by atoms with van der Waals surface area (Å²) in [6.45, 7) is 2.10. The number of anilines is 1. The molecule has 4 rings (SSSR count). The van der Waals surface area contributed by atoms with E-state index in [9.17, 15) is 4.79 Å². The first-order valence-electron chi connectivity index (χ1n) is 8.70. The summed E-state index contributed by atoms with van der Waals surface area (Å²) in [6, 6.07) is 6.12. The average molecular weight is 389 g/mol. The molecule has 1 N–H and O–H groups in total. The third-order valence-electron chi connectivity index (χ3n) is 4.89. The Morgan fingerprint density at radius 2 is 2.00 bits per heavy atom. The first-order chi connectivity index (χ1) is 12.6. The lowest BCUT2D eigenvalue weighted by Crippen LogP contribution is -2.18. The monoisotopic (exact) mass is 388 g/mol. The van der Waals surface area contributed by atoms with Crippen molar-refractivity contribution in [3.63, 3.8) is 0 Å². The van der Waals surface area contributed by atoms with Gasteiger partial charge in [-0.3, -0.25) is 14.5 Å². The molecule has 7 heteroatoms. The Hall–Kier alpha value is -2.11. The fourth-order valence-corrected chi connectivity index (χ4v) is 3.69. The lowest BCUT2D eigenvalue weighted by atomic mass is 9.93. The molecule has 0 atom stereocenters. The second-order valence-corrected chi connectivity index (χ2v) is 7.31. The number of amides is 1. The van der Waals surface area contributed by atoms with Crippen molar-refractivity contribution in [2.45, 2.75) is 38.6 Å². The van der Waals surface area contributed by atoms with Gasteiger partial charge in [0.15, 0.2) is 0 Å². The maximum absolute atomic E-state index is 12.7. The van der Waals surface area contributed by atoms with Gasteiger partial charge >= 0.3 is 0 Å². The van der Waals surface area contributed by atoms with Gasteiger partial charge in [0.2, 0.25) is 0 Å². The minimum Gasteiger partial charge on any atom is -0.319 e. The summed E-state index contributed by atoms with van der Waals surface area (Å²) in [4.78, 5) is 16.6. The molecule has 1 saturated carbocycles. The number of hydrogen-bond acceptors (Lipinski definition) is 3. The maximum Gasteiger partial charge on any atom is 0.255 e. The number of aryl methyl sites for hydroxylation is 1. The SMILES string of the molecule is CCc1nn(C2CCC2)c2cc(C(=O)Nc3c(Cl)cncc3Cl)ccc12. The summed E-state index contributed by atoms with van der Waals surface area (Å²) in [6.07, 6.45) is 7.27. The van der Waals surface area contributed by atoms with Crippen molar-refractivity contribution in [3.8, 4) is 0 Å². The molecule has 1 aliphatic carbocycles. The first-order valence-corrected chi connectivity index (χ1v) is 9.45. The van der Waals surface area contributed by atoms with E-state index in [1.165, 1.54) is 18.8 Å². The van der Waals surface area contributed by atoms with E-state index in [0.717, 1.165) is 35.9 Å². The van der Waals surface area contributed by atoms with Crippen LogP contribution < -0.4 is 5.32 Å². The Morgan fingerprint density at radius 1 is 1.27 bits per heavy atom. The number of carbonyl (C=O) groups is 1. The van der Waals surface area contributed by atoms with Crippen molar-refractivity contribution in [2.24, 2.45) is 0 Å². The van der Waals surface area contributed by atoms with Crippen LogP contribution in [-0.2, 0) is 6.42 Å². The van der Waals surface area contributed by atoms with Crippen molar-refractivity contribution in [1.82, 2.24) is 14.8 Å². The Kier molecular flexibility index (Phi) is 4.59. The Bertz CT molecular complexity index is 974. The minimum atomic E-state index is -0.263. The van der Waals surface area contributed by atoms with E-state index in [2.05, 4.69) is 21.9 Å². The molecule has 134 valence electrons. The topological polar surface area (TPSA) is 59.8 Å². The molecule has 0 aliphatic heterocycles. The number of rotatable bonds is 4. The number of hydrogen-bond donors (Lipinski definition) is 1. The molecule has 1 fully saturated rings. The fourth-order valence-electron chi connectivity index (χ4n) is 3.23. The van der Waals surface area contributed by atoms with E-state index in [-0.39, 0.29) is 5.91 Å². The van der Waals surface area contributed by atoms with Crippen molar-refractivity contribution in [1.29, 1.82) is 0 Å². The van der Waals surface area contributed by atoms with Gasteiger partial charge in [-0.25, -0.2) is 0 Å². The molecular formula is C19H18Cl2N4O. The van der Waals surface area contributed by atoms with E-state index in [1.807, 2.05) is 18.2 Å². The number of aromatic nitrogens is 3. The number of fused-ring (bicyclic) bond motifs is 1. The molecule has 1 aliphatic rings. The number of nitrogens with zero attached hydrogens (tertiary/aromatic N) is 3. The minimum absolute atomic E-state index is 0.263. The van der Waals surface area contributed by atoms with Crippen molar-refractivity contribution < 1.29 is 4.79 Å². The van der Waals surface area contributed by atoms with Crippen LogP contribution in [0, 0.1) is 0 Å². The van der Waals surface area contributed by atoms with Gasteiger partial charge in [0, 0.05) is 23.3 Å². The average Bonchev–Trinajstić information content (AvgIpc) is 2.94. The fraction of sp³-hybridized carbons (Fsp3) is 0.316. The molecule has 0 unspecified atom stereocenters. The normalized spacial score (nSPS) is 14.4. The van der Waals surface area contributed by atoms with Gasteiger partial charge in [-0.2, -0.15) is 5.10 Å². The van der Waals surface area contributed by atoms with Gasteiger partial charge in [0.05, 0.1) is 33.0 Å². The first kappa shape index (κ1) is 17.3. The highest BCUT2D eigenvalue weighted by molar-refractivity contribution is 6.39. The zero-order valence-corrected chi connectivity index (χ0v) is 15.8. The zero-order chi connectivity index (χ0) is 18.3. The number of pyridine rings is 1. The van der Waals surface area contributed by atoms with Crippen LogP contribution in [0.15, 0.2) is 30.6 Å². The number of halogens is 2.